The Bertz CT molecular complexity index is 595. The molecule has 0 spiro atoms. The number of anilines is 2. The van der Waals surface area contributed by atoms with E-state index in [0.29, 0.717) is 11.4 Å². The van der Waals surface area contributed by atoms with Crippen LogP contribution in [0.2, 0.25) is 0 Å². The van der Waals surface area contributed by atoms with Crippen molar-refractivity contribution in [1.82, 2.24) is 4.98 Å². The van der Waals surface area contributed by atoms with Gasteiger partial charge in [-0.2, -0.15) is 0 Å². The maximum Gasteiger partial charge on any atom is 0.274 e. The Morgan fingerprint density at radius 2 is 1.75 bits per heavy atom. The molecule has 104 valence electrons. The first-order valence-corrected chi connectivity index (χ1v) is 6.50. The minimum Gasteiger partial charge on any atom is -0.397 e. The van der Waals surface area contributed by atoms with E-state index >= 15 is 0 Å². The summed E-state index contributed by atoms with van der Waals surface area (Å²) < 4.78 is 0. The zero-order valence-corrected chi connectivity index (χ0v) is 12.0. The summed E-state index contributed by atoms with van der Waals surface area (Å²) in [5, 5.41) is 2.81. The Balaban J connectivity index is 2.10. The molecule has 0 unspecified atom stereocenters. The molecular formula is C16H19N3O. The summed E-state index contributed by atoms with van der Waals surface area (Å²) in [7, 11) is 0. The largest absolute Gasteiger partial charge is 0.397 e. The van der Waals surface area contributed by atoms with E-state index in [1.165, 1.54) is 11.8 Å². The van der Waals surface area contributed by atoms with Gasteiger partial charge in [0.2, 0.25) is 0 Å². The van der Waals surface area contributed by atoms with Crippen LogP contribution in [0.3, 0.4) is 0 Å². The number of carbonyl (C=O) groups excluding carboxylic acids is 1. The van der Waals surface area contributed by atoms with Gasteiger partial charge in [-0.05, 0) is 35.2 Å². The zero-order chi connectivity index (χ0) is 14.8. The van der Waals surface area contributed by atoms with E-state index in [9.17, 15) is 4.79 Å². The number of amides is 1. The molecule has 3 N–H and O–H groups in total. The Hall–Kier alpha value is -2.36. The van der Waals surface area contributed by atoms with Crippen LogP contribution in [0.1, 0.15) is 36.8 Å². The van der Waals surface area contributed by atoms with Crippen molar-refractivity contribution in [3.8, 4) is 0 Å². The number of hydrogen-bond acceptors (Lipinski definition) is 3. The summed E-state index contributed by atoms with van der Waals surface area (Å²) in [4.78, 5) is 16.0. The number of aromatic nitrogens is 1. The predicted octanol–water partition coefficient (Wildman–Crippen LogP) is 3.21. The lowest BCUT2D eigenvalue weighted by atomic mass is 9.87. The van der Waals surface area contributed by atoms with Gasteiger partial charge in [0.15, 0.2) is 0 Å². The number of nitrogen functional groups attached to an aromatic ring is 1. The third-order valence-electron chi connectivity index (χ3n) is 3.03. The van der Waals surface area contributed by atoms with E-state index in [2.05, 4.69) is 31.1 Å². The predicted molar refractivity (Wildman–Crippen MR) is 81.7 cm³/mol. The molecule has 2 aromatic rings. The number of nitrogens with zero attached hydrogens (tertiary/aromatic N) is 1. The summed E-state index contributed by atoms with van der Waals surface area (Å²) in [5.41, 5.74) is 8.50. The first-order chi connectivity index (χ1) is 9.36. The van der Waals surface area contributed by atoms with Gasteiger partial charge < -0.3 is 11.1 Å². The molecule has 1 amide bonds. The molecule has 4 heteroatoms. The van der Waals surface area contributed by atoms with E-state index in [1.54, 1.807) is 12.1 Å². The fraction of sp³-hybridized carbons (Fsp3) is 0.250. The van der Waals surface area contributed by atoms with Gasteiger partial charge in [-0.1, -0.05) is 32.9 Å². The van der Waals surface area contributed by atoms with Crippen molar-refractivity contribution >= 4 is 17.3 Å². The molecule has 0 aliphatic carbocycles. The lowest BCUT2D eigenvalue weighted by Gasteiger charge is -2.19. The molecule has 20 heavy (non-hydrogen) atoms. The molecule has 0 saturated heterocycles. The lowest BCUT2D eigenvalue weighted by molar-refractivity contribution is 0.102. The molecule has 0 bridgehead atoms. The smallest absolute Gasteiger partial charge is 0.274 e. The summed E-state index contributed by atoms with van der Waals surface area (Å²) in [6, 6.07) is 11.1. The van der Waals surface area contributed by atoms with Crippen LogP contribution in [0.25, 0.3) is 0 Å². The highest BCUT2D eigenvalue weighted by Crippen LogP contribution is 2.23. The molecule has 0 radical (unpaired) electrons. The topological polar surface area (TPSA) is 68.0 Å². The maximum atomic E-state index is 12.0. The number of rotatable bonds is 2. The van der Waals surface area contributed by atoms with Crippen LogP contribution < -0.4 is 11.1 Å². The second-order valence-corrected chi connectivity index (χ2v) is 5.76. The lowest BCUT2D eigenvalue weighted by Crippen LogP contribution is -2.14. The van der Waals surface area contributed by atoms with Crippen molar-refractivity contribution in [2.75, 3.05) is 11.1 Å². The van der Waals surface area contributed by atoms with E-state index in [1.807, 2.05) is 24.3 Å². The third kappa shape index (κ3) is 3.35. The van der Waals surface area contributed by atoms with Gasteiger partial charge in [0.25, 0.3) is 5.91 Å². The molecule has 4 nitrogen and oxygen atoms in total. The van der Waals surface area contributed by atoms with Crippen molar-refractivity contribution in [2.24, 2.45) is 0 Å². The second kappa shape index (κ2) is 5.33. The first-order valence-electron chi connectivity index (χ1n) is 6.50. The van der Waals surface area contributed by atoms with Gasteiger partial charge in [-0.3, -0.25) is 4.79 Å². The molecule has 0 atom stereocenters. The van der Waals surface area contributed by atoms with Crippen LogP contribution in [0.4, 0.5) is 11.4 Å². The van der Waals surface area contributed by atoms with Gasteiger partial charge >= 0.3 is 0 Å². The van der Waals surface area contributed by atoms with Crippen LogP contribution in [0.5, 0.6) is 0 Å². The monoisotopic (exact) mass is 269 g/mol. The molecule has 0 aliphatic rings. The molecule has 0 fully saturated rings. The second-order valence-electron chi connectivity index (χ2n) is 5.76. The molecule has 2 rings (SSSR count). The van der Waals surface area contributed by atoms with Crippen molar-refractivity contribution in [1.29, 1.82) is 0 Å². The molecule has 0 saturated carbocycles. The van der Waals surface area contributed by atoms with Gasteiger partial charge in [0.05, 0.1) is 11.9 Å². The summed E-state index contributed by atoms with van der Waals surface area (Å²) in [6.07, 6.45) is 1.47. The zero-order valence-electron chi connectivity index (χ0n) is 12.0. The molecule has 1 aromatic heterocycles. The van der Waals surface area contributed by atoms with Crippen LogP contribution in [0, 0.1) is 0 Å². The van der Waals surface area contributed by atoms with Gasteiger partial charge in [0.1, 0.15) is 5.69 Å². The average molecular weight is 269 g/mol. The van der Waals surface area contributed by atoms with E-state index < -0.39 is 0 Å². The number of benzene rings is 1. The quantitative estimate of drug-likeness (QED) is 0.879. The van der Waals surface area contributed by atoms with Crippen LogP contribution in [0.15, 0.2) is 42.6 Å². The number of pyridine rings is 1. The number of nitrogens with two attached hydrogens (primary N) is 1. The summed E-state index contributed by atoms with van der Waals surface area (Å²) in [5.74, 6) is -0.242. The minimum absolute atomic E-state index is 0.0983. The highest BCUT2D eigenvalue weighted by atomic mass is 16.1. The van der Waals surface area contributed by atoms with E-state index in [-0.39, 0.29) is 11.3 Å². The van der Waals surface area contributed by atoms with Crippen LogP contribution in [-0.2, 0) is 5.41 Å². The molecule has 1 aromatic carbocycles. The average Bonchev–Trinajstić information content (AvgIpc) is 2.39. The van der Waals surface area contributed by atoms with Gasteiger partial charge in [-0.15, -0.1) is 0 Å². The highest BCUT2D eigenvalue weighted by Gasteiger charge is 2.13. The van der Waals surface area contributed by atoms with Crippen LogP contribution in [-0.4, -0.2) is 10.9 Å². The van der Waals surface area contributed by atoms with Crippen molar-refractivity contribution < 1.29 is 4.79 Å². The standard InChI is InChI=1S/C16H19N3O/c1-16(2,3)11-4-7-13(8-5-11)19-15(20)14-9-6-12(17)10-18-14/h4-10H,17H2,1-3H3,(H,19,20). The number of nitrogens with one attached hydrogen (secondary N) is 1. The third-order valence-corrected chi connectivity index (χ3v) is 3.03. The van der Waals surface area contributed by atoms with Crippen molar-refractivity contribution in [2.45, 2.75) is 26.2 Å². The Kier molecular flexibility index (Phi) is 3.74. The Morgan fingerprint density at radius 3 is 2.25 bits per heavy atom. The molecular weight excluding hydrogens is 250 g/mol. The fourth-order valence-electron chi connectivity index (χ4n) is 1.79. The molecule has 1 heterocycles. The highest BCUT2D eigenvalue weighted by molar-refractivity contribution is 6.02. The number of carbonyl (C=O) groups is 1. The van der Waals surface area contributed by atoms with Gasteiger partial charge in [-0.25, -0.2) is 4.98 Å². The Morgan fingerprint density at radius 1 is 1.10 bits per heavy atom. The Labute approximate surface area is 119 Å². The van der Waals surface area contributed by atoms with Gasteiger partial charge in [0, 0.05) is 5.69 Å². The van der Waals surface area contributed by atoms with E-state index in [4.69, 9.17) is 5.73 Å². The van der Waals surface area contributed by atoms with Crippen molar-refractivity contribution in [3.63, 3.8) is 0 Å². The molecule has 0 aliphatic heterocycles. The first kappa shape index (κ1) is 14.1. The summed E-state index contributed by atoms with van der Waals surface area (Å²) >= 11 is 0. The van der Waals surface area contributed by atoms with Crippen molar-refractivity contribution in [3.05, 3.63) is 53.9 Å². The minimum atomic E-state index is -0.242. The maximum absolute atomic E-state index is 12.0. The fourth-order valence-corrected chi connectivity index (χ4v) is 1.79. The van der Waals surface area contributed by atoms with E-state index in [0.717, 1.165) is 5.69 Å². The van der Waals surface area contributed by atoms with Crippen LogP contribution >= 0.6 is 0 Å². The number of hydrogen-bond donors (Lipinski definition) is 2. The SMILES string of the molecule is CC(C)(C)c1ccc(NC(=O)c2ccc(N)cn2)cc1. The normalized spacial score (nSPS) is 11.2. The summed E-state index contributed by atoms with van der Waals surface area (Å²) in [6.45, 7) is 6.46.